The molecule has 0 radical (unpaired) electrons. The van der Waals surface area contributed by atoms with E-state index < -0.39 is 0 Å². The number of hydrogen-bond donors (Lipinski definition) is 2. The molecule has 0 aliphatic heterocycles. The fourth-order valence-corrected chi connectivity index (χ4v) is 2.36. The maximum Gasteiger partial charge on any atom is 0.0468 e. The Kier molecular flexibility index (Phi) is 5.12. The van der Waals surface area contributed by atoms with Crippen molar-refractivity contribution in [1.82, 2.24) is 5.32 Å². The van der Waals surface area contributed by atoms with Crippen LogP contribution >= 0.6 is 11.3 Å². The van der Waals surface area contributed by atoms with Gasteiger partial charge in [0, 0.05) is 23.2 Å². The first-order chi connectivity index (χ1) is 7.13. The second kappa shape index (κ2) is 6.13. The van der Waals surface area contributed by atoms with Gasteiger partial charge in [-0.15, -0.1) is 11.3 Å². The maximum atomic E-state index is 5.82. The highest BCUT2D eigenvalue weighted by atomic mass is 32.1. The second-order valence-corrected chi connectivity index (χ2v) is 5.33. The predicted octanol–water partition coefficient (Wildman–Crippen LogP) is 3.24. The Labute approximate surface area is 96.9 Å². The van der Waals surface area contributed by atoms with Crippen molar-refractivity contribution in [1.29, 1.82) is 0 Å². The van der Waals surface area contributed by atoms with Gasteiger partial charge in [-0.1, -0.05) is 20.3 Å². The van der Waals surface area contributed by atoms with Gasteiger partial charge in [-0.3, -0.25) is 0 Å². The van der Waals surface area contributed by atoms with E-state index >= 15 is 0 Å². The van der Waals surface area contributed by atoms with Crippen LogP contribution in [-0.2, 0) is 6.54 Å². The van der Waals surface area contributed by atoms with Gasteiger partial charge in [0.05, 0.1) is 0 Å². The lowest BCUT2D eigenvalue weighted by molar-refractivity contribution is 0.413. The number of thiophene rings is 1. The van der Waals surface area contributed by atoms with Gasteiger partial charge in [-0.2, -0.15) is 0 Å². The van der Waals surface area contributed by atoms with E-state index in [4.69, 9.17) is 5.73 Å². The van der Waals surface area contributed by atoms with E-state index in [0.29, 0.717) is 6.04 Å². The lowest BCUT2D eigenvalue weighted by Crippen LogP contribution is -2.27. The van der Waals surface area contributed by atoms with E-state index in [-0.39, 0.29) is 0 Å². The zero-order valence-corrected chi connectivity index (χ0v) is 10.7. The Bertz CT molecular complexity index is 283. The minimum Gasteiger partial charge on any atom is -0.398 e. The summed E-state index contributed by atoms with van der Waals surface area (Å²) < 4.78 is 0. The molecule has 0 spiro atoms. The van der Waals surface area contributed by atoms with Gasteiger partial charge in [-0.05, 0) is 30.7 Å². The highest BCUT2D eigenvalue weighted by molar-refractivity contribution is 7.10. The fourth-order valence-electron chi connectivity index (χ4n) is 1.61. The Morgan fingerprint density at radius 3 is 2.73 bits per heavy atom. The van der Waals surface area contributed by atoms with Crippen molar-refractivity contribution in [3.8, 4) is 0 Å². The van der Waals surface area contributed by atoms with Crippen LogP contribution in [0.25, 0.3) is 0 Å². The van der Waals surface area contributed by atoms with Crippen LogP contribution in [0.1, 0.15) is 38.5 Å². The summed E-state index contributed by atoms with van der Waals surface area (Å²) in [6.45, 7) is 7.70. The van der Waals surface area contributed by atoms with Crippen LogP contribution in [0.2, 0.25) is 0 Å². The predicted molar refractivity (Wildman–Crippen MR) is 69.1 cm³/mol. The van der Waals surface area contributed by atoms with Crippen molar-refractivity contribution < 1.29 is 0 Å². The third-order valence-corrected chi connectivity index (χ3v) is 3.78. The quantitative estimate of drug-likeness (QED) is 0.781. The van der Waals surface area contributed by atoms with Gasteiger partial charge in [0.1, 0.15) is 0 Å². The summed E-state index contributed by atoms with van der Waals surface area (Å²) >= 11 is 1.73. The van der Waals surface area contributed by atoms with Crippen molar-refractivity contribution in [2.75, 3.05) is 5.73 Å². The van der Waals surface area contributed by atoms with E-state index in [1.165, 1.54) is 17.7 Å². The van der Waals surface area contributed by atoms with Crippen molar-refractivity contribution in [2.45, 2.75) is 46.2 Å². The molecule has 0 amide bonds. The zero-order chi connectivity index (χ0) is 11.3. The molecular formula is C12H22N2S. The largest absolute Gasteiger partial charge is 0.398 e. The maximum absolute atomic E-state index is 5.82. The van der Waals surface area contributed by atoms with Crippen molar-refractivity contribution in [2.24, 2.45) is 5.92 Å². The molecule has 0 saturated heterocycles. The zero-order valence-electron chi connectivity index (χ0n) is 9.92. The molecule has 86 valence electrons. The van der Waals surface area contributed by atoms with Crippen LogP contribution in [0.5, 0.6) is 0 Å². The number of nitrogen functional groups attached to an aromatic ring is 1. The first-order valence-corrected chi connectivity index (χ1v) is 6.56. The van der Waals surface area contributed by atoms with Crippen LogP contribution in [0.4, 0.5) is 5.69 Å². The average molecular weight is 226 g/mol. The molecular weight excluding hydrogens is 204 g/mol. The molecule has 1 rings (SSSR count). The van der Waals surface area contributed by atoms with Crippen molar-refractivity contribution in [3.05, 3.63) is 16.3 Å². The van der Waals surface area contributed by atoms with Crippen LogP contribution in [-0.4, -0.2) is 6.04 Å². The first-order valence-electron chi connectivity index (χ1n) is 5.68. The van der Waals surface area contributed by atoms with Gasteiger partial charge in [0.25, 0.3) is 0 Å². The topological polar surface area (TPSA) is 38.0 Å². The SMILES string of the molecule is CCC(C)CC(C)NCc1sccc1N. The van der Waals surface area contributed by atoms with Crippen LogP contribution in [0.3, 0.4) is 0 Å². The highest BCUT2D eigenvalue weighted by Gasteiger charge is 2.07. The summed E-state index contributed by atoms with van der Waals surface area (Å²) in [6.07, 6.45) is 2.49. The van der Waals surface area contributed by atoms with E-state index in [1.807, 2.05) is 11.4 Å². The lowest BCUT2D eigenvalue weighted by atomic mass is 10.0. The monoisotopic (exact) mass is 226 g/mol. The highest BCUT2D eigenvalue weighted by Crippen LogP contribution is 2.19. The summed E-state index contributed by atoms with van der Waals surface area (Å²) in [5, 5.41) is 5.57. The smallest absolute Gasteiger partial charge is 0.0468 e. The molecule has 2 atom stereocenters. The molecule has 0 saturated carbocycles. The Balaban J connectivity index is 2.28. The Hall–Kier alpha value is -0.540. The molecule has 3 heteroatoms. The van der Waals surface area contributed by atoms with E-state index in [0.717, 1.165) is 18.2 Å². The molecule has 0 aromatic carbocycles. The van der Waals surface area contributed by atoms with Gasteiger partial charge in [0.15, 0.2) is 0 Å². The normalized spacial score (nSPS) is 15.1. The van der Waals surface area contributed by atoms with Gasteiger partial charge in [0.2, 0.25) is 0 Å². The minimum absolute atomic E-state index is 0.571. The molecule has 1 heterocycles. The Morgan fingerprint density at radius 2 is 2.20 bits per heavy atom. The van der Waals surface area contributed by atoms with Gasteiger partial charge in [-0.25, -0.2) is 0 Å². The number of nitrogens with two attached hydrogens (primary N) is 1. The molecule has 1 aromatic rings. The van der Waals surface area contributed by atoms with Crippen molar-refractivity contribution in [3.63, 3.8) is 0 Å². The number of anilines is 1. The molecule has 3 N–H and O–H groups in total. The van der Waals surface area contributed by atoms with E-state index in [1.54, 1.807) is 11.3 Å². The molecule has 2 nitrogen and oxygen atoms in total. The van der Waals surface area contributed by atoms with Crippen LogP contribution in [0, 0.1) is 5.92 Å². The third kappa shape index (κ3) is 4.22. The third-order valence-electron chi connectivity index (χ3n) is 2.84. The molecule has 0 aliphatic carbocycles. The molecule has 0 fully saturated rings. The first kappa shape index (κ1) is 12.5. The Morgan fingerprint density at radius 1 is 1.47 bits per heavy atom. The summed E-state index contributed by atoms with van der Waals surface area (Å²) in [6, 6.07) is 2.54. The molecule has 2 unspecified atom stereocenters. The lowest BCUT2D eigenvalue weighted by Gasteiger charge is -2.17. The molecule has 0 aliphatic rings. The summed E-state index contributed by atoms with van der Waals surface area (Å²) in [4.78, 5) is 1.26. The van der Waals surface area contributed by atoms with Gasteiger partial charge >= 0.3 is 0 Å². The molecule has 1 aromatic heterocycles. The summed E-state index contributed by atoms with van der Waals surface area (Å²) in [7, 11) is 0. The number of hydrogen-bond acceptors (Lipinski definition) is 3. The minimum atomic E-state index is 0.571. The van der Waals surface area contributed by atoms with Gasteiger partial charge < -0.3 is 11.1 Å². The summed E-state index contributed by atoms with van der Waals surface area (Å²) in [5.41, 5.74) is 6.74. The molecule has 0 bridgehead atoms. The second-order valence-electron chi connectivity index (χ2n) is 4.33. The average Bonchev–Trinajstić information content (AvgIpc) is 2.61. The van der Waals surface area contributed by atoms with Crippen LogP contribution < -0.4 is 11.1 Å². The van der Waals surface area contributed by atoms with E-state index in [9.17, 15) is 0 Å². The van der Waals surface area contributed by atoms with Crippen molar-refractivity contribution >= 4 is 17.0 Å². The van der Waals surface area contributed by atoms with E-state index in [2.05, 4.69) is 26.1 Å². The standard InChI is InChI=1S/C12H22N2S/c1-4-9(2)7-10(3)14-8-12-11(13)5-6-15-12/h5-6,9-10,14H,4,7-8,13H2,1-3H3. The fraction of sp³-hybridized carbons (Fsp3) is 0.667. The number of nitrogens with one attached hydrogen (secondary N) is 1. The van der Waals surface area contributed by atoms with Crippen LogP contribution in [0.15, 0.2) is 11.4 Å². The summed E-state index contributed by atoms with van der Waals surface area (Å²) in [5.74, 6) is 0.799. The number of rotatable bonds is 6. The molecule has 15 heavy (non-hydrogen) atoms.